The highest BCUT2D eigenvalue weighted by Crippen LogP contribution is 2.12. The van der Waals surface area contributed by atoms with Gasteiger partial charge in [0.15, 0.2) is 11.6 Å². The number of hydrogen-bond donors (Lipinski definition) is 1. The van der Waals surface area contributed by atoms with Gasteiger partial charge in [-0.2, -0.15) is 0 Å². The smallest absolute Gasteiger partial charge is 0.160 e. The van der Waals surface area contributed by atoms with Crippen molar-refractivity contribution in [1.29, 1.82) is 0 Å². The van der Waals surface area contributed by atoms with Crippen LogP contribution in [0.25, 0.3) is 0 Å². The van der Waals surface area contributed by atoms with Crippen molar-refractivity contribution in [1.82, 2.24) is 5.32 Å². The molecule has 0 saturated carbocycles. The van der Waals surface area contributed by atoms with Gasteiger partial charge in [0.25, 0.3) is 0 Å². The zero-order valence-corrected chi connectivity index (χ0v) is 10.1. The van der Waals surface area contributed by atoms with Crippen LogP contribution in [0, 0.1) is 11.6 Å². The van der Waals surface area contributed by atoms with E-state index in [4.69, 9.17) is 0 Å². The van der Waals surface area contributed by atoms with Crippen LogP contribution in [0.1, 0.15) is 13.8 Å². The highest BCUT2D eigenvalue weighted by Gasteiger charge is 2.11. The van der Waals surface area contributed by atoms with Crippen molar-refractivity contribution in [2.45, 2.75) is 24.8 Å². The van der Waals surface area contributed by atoms with Gasteiger partial charge in [-0.05, 0) is 31.7 Å². The zero-order valence-electron chi connectivity index (χ0n) is 9.30. The first-order chi connectivity index (χ1) is 7.54. The molecule has 0 fully saturated rings. The van der Waals surface area contributed by atoms with Gasteiger partial charge in [0, 0.05) is 16.7 Å². The molecule has 0 bridgehead atoms. The molecule has 1 aromatic rings. The Balaban J connectivity index is 2.69. The fourth-order valence-corrected chi connectivity index (χ4v) is 2.57. The molecule has 2 atom stereocenters. The van der Waals surface area contributed by atoms with Crippen molar-refractivity contribution in [3.63, 3.8) is 0 Å². The van der Waals surface area contributed by atoms with E-state index in [-0.39, 0.29) is 6.04 Å². The molecule has 90 valence electrons. The Hall–Kier alpha value is -0.810. The van der Waals surface area contributed by atoms with Crippen molar-refractivity contribution < 1.29 is 13.0 Å². The summed E-state index contributed by atoms with van der Waals surface area (Å²) in [7, 11) is -1.30. The highest BCUT2D eigenvalue weighted by molar-refractivity contribution is 7.85. The highest BCUT2D eigenvalue weighted by atomic mass is 32.2. The summed E-state index contributed by atoms with van der Waals surface area (Å²) in [4.78, 5) is 0.323. The van der Waals surface area contributed by atoms with E-state index in [1.54, 1.807) is 0 Å². The maximum Gasteiger partial charge on any atom is 0.160 e. The number of hydrogen-bond acceptors (Lipinski definition) is 2. The first kappa shape index (κ1) is 13.3. The number of nitrogens with one attached hydrogen (secondary N) is 1. The molecule has 2 unspecified atom stereocenters. The van der Waals surface area contributed by atoms with Crippen molar-refractivity contribution in [2.75, 3.05) is 12.3 Å². The molecule has 0 amide bonds. The Morgan fingerprint density at radius 2 is 2.06 bits per heavy atom. The lowest BCUT2D eigenvalue weighted by molar-refractivity contribution is 0.505. The third kappa shape index (κ3) is 3.64. The van der Waals surface area contributed by atoms with E-state index in [0.29, 0.717) is 10.6 Å². The molecule has 1 aromatic carbocycles. The number of rotatable bonds is 5. The maximum atomic E-state index is 12.9. The molecule has 2 nitrogen and oxygen atoms in total. The summed E-state index contributed by atoms with van der Waals surface area (Å²) in [6, 6.07) is 3.43. The molecule has 0 heterocycles. The second kappa shape index (κ2) is 6.06. The minimum absolute atomic E-state index is 0.0824. The topological polar surface area (TPSA) is 29.1 Å². The fraction of sp³-hybridized carbons (Fsp3) is 0.455. The molecule has 1 N–H and O–H groups in total. The van der Waals surface area contributed by atoms with Crippen LogP contribution in [0.5, 0.6) is 0 Å². The van der Waals surface area contributed by atoms with Gasteiger partial charge in [-0.3, -0.25) is 4.21 Å². The van der Waals surface area contributed by atoms with Crippen molar-refractivity contribution in [2.24, 2.45) is 0 Å². The molecular formula is C11H15F2NOS. The molecule has 1 rings (SSSR count). The Labute approximate surface area is 96.5 Å². The summed E-state index contributed by atoms with van der Waals surface area (Å²) >= 11 is 0. The summed E-state index contributed by atoms with van der Waals surface area (Å²) in [5.74, 6) is -1.48. The quantitative estimate of drug-likeness (QED) is 0.863. The van der Waals surface area contributed by atoms with Gasteiger partial charge in [-0.1, -0.05) is 6.92 Å². The van der Waals surface area contributed by atoms with Crippen molar-refractivity contribution in [3.05, 3.63) is 29.8 Å². The van der Waals surface area contributed by atoms with Crippen LogP contribution in [-0.4, -0.2) is 22.5 Å². The van der Waals surface area contributed by atoms with E-state index in [1.807, 2.05) is 13.8 Å². The second-order valence-electron chi connectivity index (χ2n) is 3.55. The Morgan fingerprint density at radius 3 is 2.62 bits per heavy atom. The minimum atomic E-state index is -1.30. The van der Waals surface area contributed by atoms with Crippen LogP contribution < -0.4 is 5.32 Å². The molecule has 0 aliphatic heterocycles. The lowest BCUT2D eigenvalue weighted by Crippen LogP contribution is -2.30. The van der Waals surface area contributed by atoms with Gasteiger partial charge in [-0.25, -0.2) is 8.78 Å². The third-order valence-electron chi connectivity index (χ3n) is 2.11. The van der Waals surface area contributed by atoms with Gasteiger partial charge in [0.05, 0.1) is 10.8 Å². The standard InChI is InChI=1S/C11H15F2NOS/c1-3-14-8(2)7-16(15)9-4-5-10(12)11(13)6-9/h4-6,8,14H,3,7H2,1-2H3. The lowest BCUT2D eigenvalue weighted by Gasteiger charge is -2.11. The van der Waals surface area contributed by atoms with Crippen LogP contribution in [-0.2, 0) is 10.8 Å². The van der Waals surface area contributed by atoms with E-state index in [0.717, 1.165) is 18.7 Å². The number of halogens is 2. The summed E-state index contributed by atoms with van der Waals surface area (Å²) in [6.07, 6.45) is 0. The Kier molecular flexibility index (Phi) is 5.02. The summed E-state index contributed by atoms with van der Waals surface area (Å²) in [6.45, 7) is 4.65. The van der Waals surface area contributed by atoms with Crippen LogP contribution >= 0.6 is 0 Å². The van der Waals surface area contributed by atoms with Gasteiger partial charge in [-0.15, -0.1) is 0 Å². The van der Waals surface area contributed by atoms with Crippen LogP contribution in [0.3, 0.4) is 0 Å². The van der Waals surface area contributed by atoms with E-state index >= 15 is 0 Å². The van der Waals surface area contributed by atoms with E-state index < -0.39 is 22.4 Å². The zero-order chi connectivity index (χ0) is 12.1. The molecule has 0 radical (unpaired) electrons. The van der Waals surface area contributed by atoms with Crippen LogP contribution in [0.2, 0.25) is 0 Å². The summed E-state index contributed by atoms with van der Waals surface area (Å²) in [5.41, 5.74) is 0. The second-order valence-corrected chi connectivity index (χ2v) is 5.04. The van der Waals surface area contributed by atoms with Gasteiger partial charge >= 0.3 is 0 Å². The van der Waals surface area contributed by atoms with Crippen LogP contribution in [0.4, 0.5) is 8.78 Å². The average Bonchev–Trinajstić information content (AvgIpc) is 2.22. The SMILES string of the molecule is CCNC(C)CS(=O)c1ccc(F)c(F)c1. The maximum absolute atomic E-state index is 12.9. The monoisotopic (exact) mass is 247 g/mol. The van der Waals surface area contributed by atoms with Crippen molar-refractivity contribution in [3.8, 4) is 0 Å². The molecule has 0 aliphatic carbocycles. The first-order valence-corrected chi connectivity index (χ1v) is 6.43. The molecule has 16 heavy (non-hydrogen) atoms. The molecule has 0 aromatic heterocycles. The molecule has 0 saturated heterocycles. The van der Waals surface area contributed by atoms with Crippen molar-refractivity contribution >= 4 is 10.8 Å². The number of benzene rings is 1. The largest absolute Gasteiger partial charge is 0.314 e. The van der Waals surface area contributed by atoms with E-state index in [2.05, 4.69) is 5.32 Å². The predicted octanol–water partition coefficient (Wildman–Crippen LogP) is 2.07. The minimum Gasteiger partial charge on any atom is -0.314 e. The summed E-state index contributed by atoms with van der Waals surface area (Å²) < 4.78 is 37.3. The van der Waals surface area contributed by atoms with Gasteiger partial charge in [0.2, 0.25) is 0 Å². The Bertz CT molecular complexity index is 384. The third-order valence-corrected chi connectivity index (χ3v) is 3.69. The first-order valence-electron chi connectivity index (χ1n) is 5.11. The molecular weight excluding hydrogens is 232 g/mol. The molecule has 0 aliphatic rings. The van der Waals surface area contributed by atoms with E-state index in [9.17, 15) is 13.0 Å². The lowest BCUT2D eigenvalue weighted by atomic mass is 10.3. The molecule has 5 heteroatoms. The fourth-order valence-electron chi connectivity index (χ4n) is 1.35. The van der Waals surface area contributed by atoms with Gasteiger partial charge < -0.3 is 5.32 Å². The van der Waals surface area contributed by atoms with Gasteiger partial charge in [0.1, 0.15) is 0 Å². The van der Waals surface area contributed by atoms with E-state index in [1.165, 1.54) is 6.07 Å². The average molecular weight is 247 g/mol. The summed E-state index contributed by atoms with van der Waals surface area (Å²) in [5, 5.41) is 3.11. The normalized spacial score (nSPS) is 14.8. The predicted molar refractivity (Wildman–Crippen MR) is 60.8 cm³/mol. The Morgan fingerprint density at radius 1 is 1.38 bits per heavy atom. The molecule has 0 spiro atoms. The van der Waals surface area contributed by atoms with Crippen LogP contribution in [0.15, 0.2) is 23.1 Å².